The van der Waals surface area contributed by atoms with Gasteiger partial charge in [-0.3, -0.25) is 0 Å². The fourth-order valence-corrected chi connectivity index (χ4v) is 3.13. The minimum atomic E-state index is 0.204. The molecule has 0 spiro atoms. The zero-order valence-electron chi connectivity index (χ0n) is 10.5. The van der Waals surface area contributed by atoms with Gasteiger partial charge in [0.1, 0.15) is 0 Å². The molecule has 1 aliphatic heterocycles. The highest BCUT2D eigenvalue weighted by Crippen LogP contribution is 2.35. The summed E-state index contributed by atoms with van der Waals surface area (Å²) in [5.41, 5.74) is 0.204. The molecule has 2 heteroatoms. The highest BCUT2D eigenvalue weighted by Gasteiger charge is 2.42. The van der Waals surface area contributed by atoms with Gasteiger partial charge in [0.2, 0.25) is 0 Å². The van der Waals surface area contributed by atoms with Crippen molar-refractivity contribution in [1.29, 1.82) is 0 Å². The van der Waals surface area contributed by atoms with Gasteiger partial charge in [0.25, 0.3) is 0 Å². The summed E-state index contributed by atoms with van der Waals surface area (Å²) in [4.78, 5) is 0. The Morgan fingerprint density at radius 1 is 1.33 bits per heavy atom. The van der Waals surface area contributed by atoms with E-state index in [1.165, 1.54) is 12.8 Å². The molecule has 1 aliphatic carbocycles. The van der Waals surface area contributed by atoms with Gasteiger partial charge in [-0.15, -0.1) is 0 Å². The van der Waals surface area contributed by atoms with E-state index in [1.54, 1.807) is 0 Å². The van der Waals surface area contributed by atoms with E-state index in [2.05, 4.69) is 33.0 Å². The quantitative estimate of drug-likeness (QED) is 0.720. The summed E-state index contributed by atoms with van der Waals surface area (Å²) < 4.78 is 6.07. The first-order valence-corrected chi connectivity index (χ1v) is 6.43. The molecule has 88 valence electrons. The largest absolute Gasteiger partial charge is 0.375 e. The Morgan fingerprint density at radius 3 is 2.73 bits per heavy atom. The third kappa shape index (κ3) is 2.21. The van der Waals surface area contributed by atoms with Crippen LogP contribution in [0.4, 0.5) is 0 Å². The van der Waals surface area contributed by atoms with Gasteiger partial charge in [-0.05, 0) is 38.0 Å². The van der Waals surface area contributed by atoms with E-state index in [0.717, 1.165) is 24.9 Å². The molecule has 0 aromatic carbocycles. The lowest BCUT2D eigenvalue weighted by molar-refractivity contribution is -0.0971. The Balaban J connectivity index is 2.06. The molecule has 5 atom stereocenters. The molecule has 1 saturated carbocycles. The minimum absolute atomic E-state index is 0.204. The van der Waals surface area contributed by atoms with Gasteiger partial charge in [-0.25, -0.2) is 0 Å². The van der Waals surface area contributed by atoms with E-state index >= 15 is 0 Å². The van der Waals surface area contributed by atoms with Gasteiger partial charge in [0.05, 0.1) is 12.7 Å². The Bertz CT molecular complexity index is 231. The van der Waals surface area contributed by atoms with E-state index in [-0.39, 0.29) is 5.54 Å². The lowest BCUT2D eigenvalue weighted by atomic mass is 9.75. The maximum atomic E-state index is 6.07. The van der Waals surface area contributed by atoms with Crippen molar-refractivity contribution in [2.45, 2.75) is 64.6 Å². The molecule has 0 bridgehead atoms. The first kappa shape index (κ1) is 11.4. The Hall–Kier alpha value is -0.0800. The fraction of sp³-hybridized carbons (Fsp3) is 1.00. The molecule has 1 N–H and O–H groups in total. The smallest absolute Gasteiger partial charge is 0.0734 e. The number of ether oxygens (including phenoxy) is 1. The molecule has 15 heavy (non-hydrogen) atoms. The maximum absolute atomic E-state index is 6.07. The van der Waals surface area contributed by atoms with Crippen LogP contribution in [0, 0.1) is 11.8 Å². The number of hydrogen-bond acceptors (Lipinski definition) is 2. The van der Waals surface area contributed by atoms with Gasteiger partial charge in [0.15, 0.2) is 0 Å². The van der Waals surface area contributed by atoms with Crippen molar-refractivity contribution in [3.8, 4) is 0 Å². The predicted molar refractivity (Wildman–Crippen MR) is 62.9 cm³/mol. The highest BCUT2D eigenvalue weighted by molar-refractivity contribution is 4.98. The molecule has 2 nitrogen and oxygen atoms in total. The third-order valence-corrected chi connectivity index (χ3v) is 4.33. The molecule has 5 unspecified atom stereocenters. The van der Waals surface area contributed by atoms with Crippen LogP contribution in [0.5, 0.6) is 0 Å². The predicted octanol–water partition coefficient (Wildman–Crippen LogP) is 2.58. The first-order valence-electron chi connectivity index (χ1n) is 6.43. The topological polar surface area (TPSA) is 21.3 Å². The molecule has 1 saturated heterocycles. The van der Waals surface area contributed by atoms with Crippen molar-refractivity contribution in [3.63, 3.8) is 0 Å². The number of nitrogens with one attached hydrogen (secondary N) is 1. The van der Waals surface area contributed by atoms with Crippen LogP contribution >= 0.6 is 0 Å². The molecule has 2 rings (SSSR count). The summed E-state index contributed by atoms with van der Waals surface area (Å²) in [7, 11) is 0. The number of morpholine rings is 1. The van der Waals surface area contributed by atoms with Crippen molar-refractivity contribution in [1.82, 2.24) is 5.32 Å². The molecule has 0 amide bonds. The monoisotopic (exact) mass is 211 g/mol. The summed E-state index contributed by atoms with van der Waals surface area (Å²) in [6, 6.07) is 0.583. The number of hydrogen-bond donors (Lipinski definition) is 1. The molecule has 0 radical (unpaired) electrons. The van der Waals surface area contributed by atoms with Crippen LogP contribution in [-0.2, 0) is 4.74 Å². The molecule has 2 fully saturated rings. The molecule has 2 aliphatic rings. The van der Waals surface area contributed by atoms with Crippen LogP contribution in [0.1, 0.15) is 47.0 Å². The average molecular weight is 211 g/mol. The normalized spacial score (nSPS) is 51.2. The average Bonchev–Trinajstić information content (AvgIpc) is 2.20. The zero-order valence-corrected chi connectivity index (χ0v) is 10.5. The van der Waals surface area contributed by atoms with Gasteiger partial charge >= 0.3 is 0 Å². The second kappa shape index (κ2) is 4.06. The van der Waals surface area contributed by atoms with Crippen molar-refractivity contribution in [2.75, 3.05) is 6.61 Å². The van der Waals surface area contributed by atoms with Crippen LogP contribution in [0.3, 0.4) is 0 Å². The zero-order chi connectivity index (χ0) is 11.1. The van der Waals surface area contributed by atoms with E-state index in [9.17, 15) is 0 Å². The number of rotatable bonds is 1. The summed E-state index contributed by atoms with van der Waals surface area (Å²) in [5.74, 6) is 1.58. The van der Waals surface area contributed by atoms with E-state index < -0.39 is 0 Å². The van der Waals surface area contributed by atoms with E-state index in [0.29, 0.717) is 12.1 Å². The number of fused-ring (bicyclic) bond motifs is 1. The molecular formula is C13H25NO. The molecular weight excluding hydrogens is 186 g/mol. The highest BCUT2D eigenvalue weighted by atomic mass is 16.5. The molecule has 0 aromatic rings. The van der Waals surface area contributed by atoms with Crippen molar-refractivity contribution >= 4 is 0 Å². The maximum Gasteiger partial charge on any atom is 0.0734 e. The summed E-state index contributed by atoms with van der Waals surface area (Å²) in [5, 5.41) is 3.83. The summed E-state index contributed by atoms with van der Waals surface area (Å²) >= 11 is 0. The fourth-order valence-electron chi connectivity index (χ4n) is 3.13. The second-order valence-corrected chi connectivity index (χ2v) is 5.99. The van der Waals surface area contributed by atoms with Crippen molar-refractivity contribution in [2.24, 2.45) is 11.8 Å². The Labute approximate surface area is 93.8 Å². The molecule has 1 heterocycles. The molecule has 0 aromatic heterocycles. The lowest BCUT2D eigenvalue weighted by Gasteiger charge is -2.49. The SMILES string of the molecule is CCC1(C)COC2CC(C)CC(C)C2N1. The Kier molecular flexibility index (Phi) is 3.09. The van der Waals surface area contributed by atoms with Crippen molar-refractivity contribution in [3.05, 3.63) is 0 Å². The van der Waals surface area contributed by atoms with Crippen LogP contribution in [0.2, 0.25) is 0 Å². The van der Waals surface area contributed by atoms with Crippen molar-refractivity contribution < 1.29 is 4.74 Å². The van der Waals surface area contributed by atoms with Gasteiger partial charge < -0.3 is 10.1 Å². The summed E-state index contributed by atoms with van der Waals surface area (Å²) in [6.07, 6.45) is 4.20. The Morgan fingerprint density at radius 2 is 2.07 bits per heavy atom. The second-order valence-electron chi connectivity index (χ2n) is 5.99. The van der Waals surface area contributed by atoms with Gasteiger partial charge in [-0.2, -0.15) is 0 Å². The van der Waals surface area contributed by atoms with E-state index in [4.69, 9.17) is 4.74 Å². The lowest BCUT2D eigenvalue weighted by Crippen LogP contribution is -2.64. The minimum Gasteiger partial charge on any atom is -0.375 e. The van der Waals surface area contributed by atoms with Gasteiger partial charge in [-0.1, -0.05) is 20.8 Å². The van der Waals surface area contributed by atoms with Crippen LogP contribution in [-0.4, -0.2) is 24.3 Å². The van der Waals surface area contributed by atoms with Gasteiger partial charge in [0, 0.05) is 11.6 Å². The van der Waals surface area contributed by atoms with Crippen LogP contribution in [0.25, 0.3) is 0 Å². The van der Waals surface area contributed by atoms with Crippen LogP contribution in [0.15, 0.2) is 0 Å². The third-order valence-electron chi connectivity index (χ3n) is 4.33. The van der Waals surface area contributed by atoms with Crippen LogP contribution < -0.4 is 5.32 Å². The summed E-state index contributed by atoms with van der Waals surface area (Å²) in [6.45, 7) is 10.1. The van der Waals surface area contributed by atoms with E-state index in [1.807, 2.05) is 0 Å². The standard InChI is InChI=1S/C13H25NO/c1-5-13(4)8-15-11-7-9(2)6-10(3)12(11)14-13/h9-12,14H,5-8H2,1-4H3. The first-order chi connectivity index (χ1) is 7.04.